The number of aromatic nitrogens is 4. The molecule has 0 radical (unpaired) electrons. The second kappa shape index (κ2) is 12.5. The van der Waals surface area contributed by atoms with Gasteiger partial charge >= 0.3 is 0 Å². The standard InChI is InChI=1S/C53H34N4/c1-3-14-34(15-4-1)36-19-13-20-40(30-36)56-47-24-11-9-22-42(47)44-31-37(26-28-49(44)56)38-27-29-50-45(32-38)43-23-10-12-25-48(43)57(50)53-54-51(35-16-5-2-6-17-35)46-33-39-18-7-8-21-41(39)52(46)55-53/h1-32H,33H2. The van der Waals surface area contributed by atoms with Crippen LogP contribution in [0.1, 0.15) is 11.1 Å². The van der Waals surface area contributed by atoms with Gasteiger partial charge in [0.05, 0.1) is 33.5 Å². The van der Waals surface area contributed by atoms with Crippen LogP contribution in [0.3, 0.4) is 0 Å². The van der Waals surface area contributed by atoms with E-state index in [4.69, 9.17) is 9.97 Å². The Bertz CT molecular complexity index is 3370. The van der Waals surface area contributed by atoms with Crippen LogP contribution in [-0.4, -0.2) is 19.1 Å². The Balaban J connectivity index is 1.03. The Morgan fingerprint density at radius 1 is 0.351 bits per heavy atom. The average molecular weight is 727 g/mol. The van der Waals surface area contributed by atoms with Gasteiger partial charge in [0, 0.05) is 50.3 Å². The summed E-state index contributed by atoms with van der Waals surface area (Å²) >= 11 is 0. The summed E-state index contributed by atoms with van der Waals surface area (Å²) in [5.74, 6) is 0.689. The van der Waals surface area contributed by atoms with Gasteiger partial charge in [0.15, 0.2) is 0 Å². The van der Waals surface area contributed by atoms with Gasteiger partial charge in [0.1, 0.15) is 0 Å². The van der Waals surface area contributed by atoms with Crippen molar-refractivity contribution in [2.24, 2.45) is 0 Å². The van der Waals surface area contributed by atoms with Crippen molar-refractivity contribution in [1.82, 2.24) is 19.1 Å². The molecule has 0 unspecified atom stereocenters. The molecule has 11 aromatic rings. The van der Waals surface area contributed by atoms with Gasteiger partial charge in [-0.2, -0.15) is 0 Å². The van der Waals surface area contributed by atoms with Crippen molar-refractivity contribution < 1.29 is 0 Å². The van der Waals surface area contributed by atoms with Crippen LogP contribution in [0.5, 0.6) is 0 Å². The molecule has 4 heteroatoms. The van der Waals surface area contributed by atoms with E-state index in [1.54, 1.807) is 0 Å². The number of fused-ring (bicyclic) bond motifs is 9. The highest BCUT2D eigenvalue weighted by Crippen LogP contribution is 2.42. The molecule has 1 aliphatic carbocycles. The second-order valence-electron chi connectivity index (χ2n) is 15.0. The topological polar surface area (TPSA) is 35.6 Å². The molecule has 0 aliphatic heterocycles. The van der Waals surface area contributed by atoms with E-state index >= 15 is 0 Å². The van der Waals surface area contributed by atoms with Gasteiger partial charge in [-0.3, -0.25) is 4.57 Å². The summed E-state index contributed by atoms with van der Waals surface area (Å²) in [6, 6.07) is 69.8. The van der Waals surface area contributed by atoms with Crippen LogP contribution in [0.15, 0.2) is 194 Å². The summed E-state index contributed by atoms with van der Waals surface area (Å²) in [7, 11) is 0. The molecule has 4 nitrogen and oxygen atoms in total. The fraction of sp³-hybridized carbons (Fsp3) is 0.0189. The number of rotatable bonds is 5. The lowest BCUT2D eigenvalue weighted by Crippen LogP contribution is -2.05. The maximum absolute atomic E-state index is 5.38. The van der Waals surface area contributed by atoms with Gasteiger partial charge in [-0.1, -0.05) is 146 Å². The predicted octanol–water partition coefficient (Wildman–Crippen LogP) is 13.2. The molecule has 0 saturated carbocycles. The maximum atomic E-state index is 5.38. The first kappa shape index (κ1) is 31.8. The first-order chi connectivity index (χ1) is 28.3. The largest absolute Gasteiger partial charge is 0.309 e. The zero-order valence-corrected chi connectivity index (χ0v) is 31.0. The Labute approximate surface area is 329 Å². The summed E-state index contributed by atoms with van der Waals surface area (Å²) in [5, 5.41) is 4.82. The van der Waals surface area contributed by atoms with Crippen molar-refractivity contribution in [3.63, 3.8) is 0 Å². The van der Waals surface area contributed by atoms with Gasteiger partial charge in [-0.15, -0.1) is 0 Å². The van der Waals surface area contributed by atoms with Crippen molar-refractivity contribution >= 4 is 43.6 Å². The number of hydrogen-bond acceptors (Lipinski definition) is 2. The monoisotopic (exact) mass is 726 g/mol. The van der Waals surface area contributed by atoms with Crippen LogP contribution in [0.2, 0.25) is 0 Å². The van der Waals surface area contributed by atoms with E-state index in [-0.39, 0.29) is 0 Å². The van der Waals surface area contributed by atoms with E-state index in [0.29, 0.717) is 5.95 Å². The highest BCUT2D eigenvalue weighted by atomic mass is 15.2. The van der Waals surface area contributed by atoms with Crippen molar-refractivity contribution in [3.05, 3.63) is 205 Å². The first-order valence-electron chi connectivity index (χ1n) is 19.5. The minimum absolute atomic E-state index is 0.689. The Hall–Kier alpha value is -7.56. The maximum Gasteiger partial charge on any atom is 0.235 e. The zero-order chi connectivity index (χ0) is 37.5. The molecule has 0 fully saturated rings. The molecule has 3 heterocycles. The number of nitrogens with zero attached hydrogens (tertiary/aromatic N) is 4. The smallest absolute Gasteiger partial charge is 0.235 e. The normalized spacial score (nSPS) is 12.1. The first-order valence-corrected chi connectivity index (χ1v) is 19.5. The lowest BCUT2D eigenvalue weighted by Gasteiger charge is -2.13. The fourth-order valence-electron chi connectivity index (χ4n) is 9.15. The molecule has 0 atom stereocenters. The van der Waals surface area contributed by atoms with Crippen molar-refractivity contribution in [1.29, 1.82) is 0 Å². The number of benzene rings is 8. The molecule has 3 aromatic heterocycles. The molecule has 1 aliphatic rings. The van der Waals surface area contributed by atoms with E-state index < -0.39 is 0 Å². The minimum atomic E-state index is 0.689. The SMILES string of the molecule is c1ccc(-c2cccc(-n3c4ccccc4c4cc(-c5ccc6c(c5)c5ccccc5n6-c5nc(-c6ccccc6)c6c(n5)-c5ccccc5C6)ccc43)c2)cc1. The Kier molecular flexibility index (Phi) is 6.96. The molecule has 0 saturated heterocycles. The third-order valence-electron chi connectivity index (χ3n) is 11.8. The van der Waals surface area contributed by atoms with Crippen LogP contribution < -0.4 is 0 Å². The van der Waals surface area contributed by atoms with Crippen molar-refractivity contribution in [3.8, 4) is 56.4 Å². The van der Waals surface area contributed by atoms with Crippen LogP contribution in [-0.2, 0) is 6.42 Å². The third-order valence-corrected chi connectivity index (χ3v) is 11.8. The van der Waals surface area contributed by atoms with Crippen molar-refractivity contribution in [2.75, 3.05) is 0 Å². The Morgan fingerprint density at radius 3 is 1.60 bits per heavy atom. The lowest BCUT2D eigenvalue weighted by molar-refractivity contribution is 0.985. The number of para-hydroxylation sites is 2. The molecule has 0 bridgehead atoms. The van der Waals surface area contributed by atoms with Gasteiger partial charge in [-0.05, 0) is 76.3 Å². The Morgan fingerprint density at radius 2 is 0.877 bits per heavy atom. The molecular weight excluding hydrogens is 693 g/mol. The van der Waals surface area contributed by atoms with E-state index in [2.05, 4.69) is 203 Å². The molecule has 57 heavy (non-hydrogen) atoms. The fourth-order valence-corrected chi connectivity index (χ4v) is 9.15. The van der Waals surface area contributed by atoms with E-state index in [1.165, 1.54) is 71.5 Å². The second-order valence-corrected chi connectivity index (χ2v) is 15.0. The highest BCUT2D eigenvalue weighted by Gasteiger charge is 2.27. The highest BCUT2D eigenvalue weighted by molar-refractivity contribution is 6.12. The van der Waals surface area contributed by atoms with E-state index in [0.717, 1.165) is 40.1 Å². The molecule has 0 amide bonds. The predicted molar refractivity (Wildman–Crippen MR) is 235 cm³/mol. The van der Waals surface area contributed by atoms with Crippen LogP contribution in [0, 0.1) is 0 Å². The third kappa shape index (κ3) is 4.94. The van der Waals surface area contributed by atoms with Gasteiger partial charge in [0.25, 0.3) is 0 Å². The van der Waals surface area contributed by atoms with Crippen LogP contribution in [0.4, 0.5) is 0 Å². The summed E-state index contributed by atoms with van der Waals surface area (Å²) in [4.78, 5) is 10.8. The molecule has 0 spiro atoms. The van der Waals surface area contributed by atoms with E-state index in [9.17, 15) is 0 Å². The van der Waals surface area contributed by atoms with Gasteiger partial charge < -0.3 is 4.57 Å². The van der Waals surface area contributed by atoms with Crippen LogP contribution in [0.25, 0.3) is 100 Å². The minimum Gasteiger partial charge on any atom is -0.309 e. The summed E-state index contributed by atoms with van der Waals surface area (Å²) in [5.41, 5.74) is 17.3. The molecule has 8 aromatic carbocycles. The van der Waals surface area contributed by atoms with Gasteiger partial charge in [-0.25, -0.2) is 9.97 Å². The average Bonchev–Trinajstić information content (AvgIpc) is 3.94. The summed E-state index contributed by atoms with van der Waals surface area (Å²) in [6.45, 7) is 0. The lowest BCUT2D eigenvalue weighted by atomic mass is 10.0. The van der Waals surface area contributed by atoms with E-state index in [1.807, 2.05) is 0 Å². The van der Waals surface area contributed by atoms with Crippen LogP contribution >= 0.6 is 0 Å². The molecule has 0 N–H and O–H groups in total. The zero-order valence-electron chi connectivity index (χ0n) is 31.0. The molecule has 12 rings (SSSR count). The van der Waals surface area contributed by atoms with Crippen molar-refractivity contribution in [2.45, 2.75) is 6.42 Å². The molecular formula is C53H34N4. The quantitative estimate of drug-likeness (QED) is 0.177. The summed E-state index contributed by atoms with van der Waals surface area (Å²) < 4.78 is 4.65. The molecule has 266 valence electrons. The summed E-state index contributed by atoms with van der Waals surface area (Å²) in [6.07, 6.45) is 0.829. The number of hydrogen-bond donors (Lipinski definition) is 0. The van der Waals surface area contributed by atoms with Gasteiger partial charge in [0.2, 0.25) is 5.95 Å².